The Morgan fingerprint density at radius 1 is 0.839 bits per heavy atom. The Kier molecular flexibility index (Phi) is 6.68. The van der Waals surface area contributed by atoms with Crippen molar-refractivity contribution in [3.05, 3.63) is 89.5 Å². The van der Waals surface area contributed by atoms with Crippen LogP contribution in [0, 0.1) is 6.92 Å². The minimum Gasteiger partial charge on any atom is -0.462 e. The summed E-state index contributed by atoms with van der Waals surface area (Å²) in [5.74, 6) is -0.258. The van der Waals surface area contributed by atoms with Gasteiger partial charge in [0.05, 0.1) is 12.2 Å². The third kappa shape index (κ3) is 4.97. The second-order valence-electron chi connectivity index (χ2n) is 8.00. The Morgan fingerprint density at radius 3 is 2.16 bits per heavy atom. The number of hydrogen-bond acceptors (Lipinski definition) is 4. The average molecular weight is 415 g/mol. The van der Waals surface area contributed by atoms with E-state index in [2.05, 4.69) is 65.3 Å². The van der Waals surface area contributed by atoms with Gasteiger partial charge in [-0.25, -0.2) is 4.79 Å². The number of carbonyl (C=O) groups excluding carboxylic acids is 1. The van der Waals surface area contributed by atoms with Crippen LogP contribution in [-0.4, -0.2) is 43.7 Å². The summed E-state index contributed by atoms with van der Waals surface area (Å²) in [6.07, 6.45) is 0. The Labute approximate surface area is 185 Å². The van der Waals surface area contributed by atoms with Crippen molar-refractivity contribution in [2.24, 2.45) is 0 Å². The molecular formula is C27H30N2O2. The third-order valence-corrected chi connectivity index (χ3v) is 5.96. The number of nitrogens with zero attached hydrogens (tertiary/aromatic N) is 2. The number of benzene rings is 3. The molecular weight excluding hydrogens is 384 g/mol. The van der Waals surface area contributed by atoms with Crippen molar-refractivity contribution in [2.75, 3.05) is 37.7 Å². The molecule has 0 unspecified atom stereocenters. The highest BCUT2D eigenvalue weighted by Crippen LogP contribution is 2.28. The van der Waals surface area contributed by atoms with Crippen molar-refractivity contribution < 1.29 is 9.53 Å². The Balaban J connectivity index is 1.39. The van der Waals surface area contributed by atoms with Crippen LogP contribution in [0.4, 0.5) is 5.69 Å². The molecule has 0 N–H and O–H groups in total. The number of rotatable bonds is 6. The van der Waals surface area contributed by atoms with Crippen LogP contribution in [0.15, 0.2) is 72.8 Å². The summed E-state index contributed by atoms with van der Waals surface area (Å²) in [7, 11) is 0. The molecule has 160 valence electrons. The number of hydrogen-bond donors (Lipinski definition) is 0. The van der Waals surface area contributed by atoms with Crippen molar-refractivity contribution in [1.29, 1.82) is 0 Å². The molecule has 4 rings (SSSR count). The summed E-state index contributed by atoms with van der Waals surface area (Å²) in [5, 5.41) is 0. The molecule has 0 amide bonds. The quantitative estimate of drug-likeness (QED) is 0.522. The monoisotopic (exact) mass is 414 g/mol. The zero-order valence-electron chi connectivity index (χ0n) is 18.4. The second kappa shape index (κ2) is 9.80. The topological polar surface area (TPSA) is 32.8 Å². The van der Waals surface area contributed by atoms with Gasteiger partial charge in [-0.1, -0.05) is 48.5 Å². The van der Waals surface area contributed by atoms with E-state index >= 15 is 0 Å². The highest BCUT2D eigenvalue weighted by atomic mass is 16.5. The van der Waals surface area contributed by atoms with Gasteiger partial charge in [0.1, 0.15) is 0 Å². The van der Waals surface area contributed by atoms with Crippen LogP contribution in [0.2, 0.25) is 0 Å². The first-order chi connectivity index (χ1) is 15.2. The zero-order chi connectivity index (χ0) is 21.6. The summed E-state index contributed by atoms with van der Waals surface area (Å²) in [4.78, 5) is 16.8. The number of piperazine rings is 1. The van der Waals surface area contributed by atoms with Gasteiger partial charge in [-0.15, -0.1) is 0 Å². The highest BCUT2D eigenvalue weighted by molar-refractivity contribution is 5.89. The normalized spacial score (nSPS) is 14.5. The Hall–Kier alpha value is -3.11. The maximum atomic E-state index is 11.9. The van der Waals surface area contributed by atoms with Gasteiger partial charge in [0, 0.05) is 38.4 Å². The molecule has 0 atom stereocenters. The van der Waals surface area contributed by atoms with Gasteiger partial charge < -0.3 is 9.64 Å². The number of ether oxygens (including phenoxy) is 1. The van der Waals surface area contributed by atoms with Crippen LogP contribution in [0.1, 0.15) is 28.4 Å². The van der Waals surface area contributed by atoms with E-state index in [9.17, 15) is 4.79 Å². The van der Waals surface area contributed by atoms with Gasteiger partial charge in [-0.05, 0) is 60.4 Å². The van der Waals surface area contributed by atoms with E-state index in [0.717, 1.165) is 38.4 Å². The SMILES string of the molecule is CCOC(=O)c1ccc(N2CCN(Cc3ccccc3-c3ccccc3C)CC2)cc1. The molecule has 3 aromatic rings. The van der Waals surface area contributed by atoms with E-state index < -0.39 is 0 Å². The minimum absolute atomic E-state index is 0.258. The lowest BCUT2D eigenvalue weighted by atomic mass is 9.95. The molecule has 0 spiro atoms. The first-order valence-electron chi connectivity index (χ1n) is 11.0. The van der Waals surface area contributed by atoms with E-state index in [1.807, 2.05) is 31.2 Å². The van der Waals surface area contributed by atoms with Crippen molar-refractivity contribution in [1.82, 2.24) is 4.90 Å². The average Bonchev–Trinajstić information content (AvgIpc) is 2.81. The zero-order valence-corrected chi connectivity index (χ0v) is 18.4. The summed E-state index contributed by atoms with van der Waals surface area (Å²) in [6, 6.07) is 25.1. The van der Waals surface area contributed by atoms with E-state index in [4.69, 9.17) is 4.74 Å². The summed E-state index contributed by atoms with van der Waals surface area (Å²) in [5.41, 5.74) is 7.11. The van der Waals surface area contributed by atoms with E-state index in [-0.39, 0.29) is 5.97 Å². The maximum Gasteiger partial charge on any atom is 0.338 e. The Bertz CT molecular complexity index is 1020. The number of carbonyl (C=O) groups is 1. The van der Waals surface area contributed by atoms with Crippen LogP contribution < -0.4 is 4.90 Å². The smallest absolute Gasteiger partial charge is 0.338 e. The fraction of sp³-hybridized carbons (Fsp3) is 0.296. The maximum absolute atomic E-state index is 11.9. The van der Waals surface area contributed by atoms with Gasteiger partial charge >= 0.3 is 5.97 Å². The molecule has 0 aromatic heterocycles. The molecule has 4 heteroatoms. The molecule has 1 saturated heterocycles. The standard InChI is InChI=1S/C27H30N2O2/c1-3-31-27(30)22-12-14-24(15-13-22)29-18-16-28(17-19-29)20-23-9-5-7-11-26(23)25-10-6-4-8-21(25)2/h4-15H,3,16-20H2,1-2H3. The molecule has 0 radical (unpaired) electrons. The lowest BCUT2D eigenvalue weighted by molar-refractivity contribution is 0.0526. The van der Waals surface area contributed by atoms with Gasteiger partial charge in [-0.2, -0.15) is 0 Å². The molecule has 1 heterocycles. The fourth-order valence-electron chi connectivity index (χ4n) is 4.22. The molecule has 31 heavy (non-hydrogen) atoms. The van der Waals surface area contributed by atoms with Gasteiger partial charge in [0.2, 0.25) is 0 Å². The summed E-state index contributed by atoms with van der Waals surface area (Å²) < 4.78 is 5.07. The summed E-state index contributed by atoms with van der Waals surface area (Å²) >= 11 is 0. The van der Waals surface area contributed by atoms with E-state index in [1.165, 1.54) is 22.3 Å². The van der Waals surface area contributed by atoms with Crippen LogP contribution in [0.5, 0.6) is 0 Å². The molecule has 4 nitrogen and oxygen atoms in total. The molecule has 1 aliphatic heterocycles. The van der Waals surface area contributed by atoms with E-state index in [0.29, 0.717) is 12.2 Å². The lowest BCUT2D eigenvalue weighted by Crippen LogP contribution is -2.46. The van der Waals surface area contributed by atoms with Crippen molar-refractivity contribution in [3.63, 3.8) is 0 Å². The second-order valence-corrected chi connectivity index (χ2v) is 8.00. The van der Waals surface area contributed by atoms with Crippen LogP contribution in [0.3, 0.4) is 0 Å². The van der Waals surface area contributed by atoms with Gasteiger partial charge in [0.25, 0.3) is 0 Å². The largest absolute Gasteiger partial charge is 0.462 e. The third-order valence-electron chi connectivity index (χ3n) is 5.96. The van der Waals surface area contributed by atoms with Gasteiger partial charge in [0.15, 0.2) is 0 Å². The molecule has 1 aliphatic rings. The molecule has 0 bridgehead atoms. The predicted octanol–water partition coefficient (Wildman–Crippen LogP) is 5.16. The predicted molar refractivity (Wildman–Crippen MR) is 127 cm³/mol. The number of aryl methyl sites for hydroxylation is 1. The molecule has 3 aromatic carbocycles. The van der Waals surface area contributed by atoms with Gasteiger partial charge in [-0.3, -0.25) is 4.90 Å². The number of anilines is 1. The number of esters is 1. The van der Waals surface area contributed by atoms with Crippen LogP contribution >= 0.6 is 0 Å². The molecule has 0 aliphatic carbocycles. The molecule has 1 fully saturated rings. The molecule has 0 saturated carbocycles. The Morgan fingerprint density at radius 2 is 1.48 bits per heavy atom. The first kappa shape index (κ1) is 21.1. The minimum atomic E-state index is -0.258. The van der Waals surface area contributed by atoms with Crippen molar-refractivity contribution in [2.45, 2.75) is 20.4 Å². The van der Waals surface area contributed by atoms with Crippen molar-refractivity contribution >= 4 is 11.7 Å². The highest BCUT2D eigenvalue weighted by Gasteiger charge is 2.19. The summed E-state index contributed by atoms with van der Waals surface area (Å²) in [6.45, 7) is 9.35. The fourth-order valence-corrected chi connectivity index (χ4v) is 4.22. The first-order valence-corrected chi connectivity index (χ1v) is 11.0. The van der Waals surface area contributed by atoms with Crippen LogP contribution in [-0.2, 0) is 11.3 Å². The van der Waals surface area contributed by atoms with Crippen molar-refractivity contribution in [3.8, 4) is 11.1 Å². The van der Waals surface area contributed by atoms with Crippen LogP contribution in [0.25, 0.3) is 11.1 Å². The van der Waals surface area contributed by atoms with E-state index in [1.54, 1.807) is 0 Å². The lowest BCUT2D eigenvalue weighted by Gasteiger charge is -2.36.